The summed E-state index contributed by atoms with van der Waals surface area (Å²) in [7, 11) is 0. The van der Waals surface area contributed by atoms with Crippen LogP contribution in [0.1, 0.15) is 11.1 Å². The van der Waals surface area contributed by atoms with E-state index in [1.54, 1.807) is 6.07 Å². The monoisotopic (exact) mass is 1560 g/mol. The van der Waals surface area contributed by atoms with Gasteiger partial charge in [-0.1, -0.05) is 279 Å². The first-order valence-electron chi connectivity index (χ1n) is 41.4. The molecule has 0 atom stereocenters. The minimum atomic E-state index is 0.430. The van der Waals surface area contributed by atoms with Crippen LogP contribution in [-0.4, -0.2) is 37.8 Å². The second-order valence-corrected chi connectivity index (χ2v) is 31.5. The van der Waals surface area contributed by atoms with Crippen molar-refractivity contribution in [3.8, 4) is 130 Å². The Balaban J connectivity index is 0.674. The van der Waals surface area contributed by atoms with Gasteiger partial charge < -0.3 is 22.8 Å². The van der Waals surface area contributed by atoms with Crippen molar-refractivity contribution in [2.75, 3.05) is 0 Å². The van der Waals surface area contributed by atoms with Crippen molar-refractivity contribution >= 4 is 109 Å². The predicted molar refractivity (Wildman–Crippen MR) is 504 cm³/mol. The highest BCUT2D eigenvalue weighted by Crippen LogP contribution is 2.50. The first kappa shape index (κ1) is 70.2. The Morgan fingerprint density at radius 1 is 0.203 bits per heavy atom. The SMILES string of the molecule is N#Cc1ccc(-c2c(-c3ccccc3)cc(-n3c4ccc(-n5c6ccccc6c6cc(-c7cccc(-n8c9ccccc9c9c8ccc8c%10ccccc%10n(-c%10ccc(-c%11nc(-c%12ccccc%12)nc(-c%12ccccc%12)n%11)cc%10-c%10ccccc%10)c89)c7)ccc65)cc4c4ccc5c(c6ccccc6n5-c5ccccc5)c43)cc2-c2ccccc2)c(C#N)c1. The lowest BCUT2D eigenvalue weighted by molar-refractivity contribution is 1.07. The van der Waals surface area contributed by atoms with Crippen LogP contribution in [-0.2, 0) is 0 Å². The van der Waals surface area contributed by atoms with E-state index in [-0.39, 0.29) is 0 Å². The second-order valence-electron chi connectivity index (χ2n) is 31.5. The first-order valence-corrected chi connectivity index (χ1v) is 41.4. The molecule has 123 heavy (non-hydrogen) atoms. The van der Waals surface area contributed by atoms with E-state index < -0.39 is 0 Å². The lowest BCUT2D eigenvalue weighted by atomic mass is 9.85. The van der Waals surface area contributed by atoms with Crippen molar-refractivity contribution < 1.29 is 0 Å². The zero-order chi connectivity index (χ0) is 81.3. The molecule has 6 aromatic heterocycles. The highest BCUT2D eigenvalue weighted by atomic mass is 15.1. The van der Waals surface area contributed by atoms with Gasteiger partial charge in [-0.25, -0.2) is 15.0 Å². The number of fused-ring (bicyclic) bond motifs is 17. The molecule has 570 valence electrons. The molecule has 0 amide bonds. The van der Waals surface area contributed by atoms with Crippen LogP contribution in [0.3, 0.4) is 0 Å². The molecule has 6 heterocycles. The molecule has 0 unspecified atom stereocenters. The average molecular weight is 1570 g/mol. The first-order chi connectivity index (χ1) is 60.9. The third-order valence-corrected chi connectivity index (χ3v) is 24.8. The molecule has 10 nitrogen and oxygen atoms in total. The van der Waals surface area contributed by atoms with E-state index in [1.165, 1.54) is 0 Å². The number of para-hydroxylation sites is 5. The minimum Gasteiger partial charge on any atom is -0.309 e. The summed E-state index contributed by atoms with van der Waals surface area (Å²) in [6.07, 6.45) is 0. The zero-order valence-electron chi connectivity index (χ0n) is 66.2. The fraction of sp³-hybridized carbons (Fsp3) is 0. The summed E-state index contributed by atoms with van der Waals surface area (Å²) in [5.74, 6) is 1.81. The summed E-state index contributed by atoms with van der Waals surface area (Å²) in [6.45, 7) is 0. The van der Waals surface area contributed by atoms with Gasteiger partial charge in [-0.2, -0.15) is 10.5 Å². The van der Waals surface area contributed by atoms with E-state index in [2.05, 4.69) is 381 Å². The predicted octanol–water partition coefficient (Wildman–Crippen LogP) is 28.4. The molecule has 0 N–H and O–H groups in total. The molecule has 24 rings (SSSR count). The van der Waals surface area contributed by atoms with Crippen LogP contribution in [0.4, 0.5) is 0 Å². The molecule has 0 spiro atoms. The molecule has 0 saturated heterocycles. The van der Waals surface area contributed by atoms with Crippen molar-refractivity contribution in [1.82, 2.24) is 37.8 Å². The Hall–Kier alpha value is -17.1. The number of hydrogen-bond donors (Lipinski definition) is 0. The zero-order valence-corrected chi connectivity index (χ0v) is 66.2. The number of hydrogen-bond acceptors (Lipinski definition) is 5. The Morgan fingerprint density at radius 3 is 1.18 bits per heavy atom. The van der Waals surface area contributed by atoms with E-state index in [9.17, 15) is 10.5 Å². The second kappa shape index (κ2) is 28.4. The van der Waals surface area contributed by atoms with Crippen molar-refractivity contribution in [3.63, 3.8) is 0 Å². The standard InChI is InChI=1S/C113H68N10/c114-69-71-50-54-85(80(62-71)70-115)106-93(73-30-9-2-10-31-73)67-84(68-94(106)74-32-11-3-12-33-74)122-103-59-53-83(66-96(103)89-56-61-104-107(109(89)122)90-44-21-25-48-99(90)119(104)81-39-17-6-18-40-81)120-97-46-23-20-43-87(97)95-64-78(51-57-102(95)120)77-38-27-41-82(63-77)121-100-49-26-22-45-91(100)108-105(121)60-55-88-86-42-19-24-47-98(86)123(110(88)108)101-58-52-79(65-92(101)72-28-7-1-8-29-72)113-117-111(75-34-13-4-14-35-75)116-112(118-113)76-36-15-5-16-37-76/h1-68H. The van der Waals surface area contributed by atoms with Gasteiger partial charge in [0, 0.05) is 104 Å². The van der Waals surface area contributed by atoms with Crippen molar-refractivity contribution in [2.45, 2.75) is 0 Å². The Labute approximate surface area is 706 Å². The maximum atomic E-state index is 11.0. The molecule has 10 heteroatoms. The third kappa shape index (κ3) is 11.2. The Kier molecular flexibility index (Phi) is 16.2. The van der Waals surface area contributed by atoms with Gasteiger partial charge in [-0.3, -0.25) is 0 Å². The molecule has 0 aliphatic rings. The van der Waals surface area contributed by atoms with E-state index in [0.29, 0.717) is 28.6 Å². The highest BCUT2D eigenvalue weighted by molar-refractivity contribution is 6.28. The van der Waals surface area contributed by atoms with Gasteiger partial charge in [0.25, 0.3) is 0 Å². The minimum absolute atomic E-state index is 0.430. The molecular formula is C113H68N10. The molecular weight excluding hydrogens is 1500 g/mol. The summed E-state index contributed by atoms with van der Waals surface area (Å²) in [5, 5.41) is 32.6. The maximum absolute atomic E-state index is 11.0. The van der Waals surface area contributed by atoms with E-state index in [1.807, 2.05) is 60.7 Å². The molecule has 24 aromatic rings. The molecule has 0 bridgehead atoms. The van der Waals surface area contributed by atoms with Crippen LogP contribution in [0.2, 0.25) is 0 Å². The summed E-state index contributed by atoms with van der Waals surface area (Å²) in [5.41, 5.74) is 29.5. The average Bonchev–Trinajstić information content (AvgIpc) is 1.54. The number of nitrogens with zero attached hydrogens (tertiary/aromatic N) is 10. The summed E-state index contributed by atoms with van der Waals surface area (Å²) in [4.78, 5) is 15.5. The largest absolute Gasteiger partial charge is 0.309 e. The fourth-order valence-corrected chi connectivity index (χ4v) is 19.4. The maximum Gasteiger partial charge on any atom is 0.164 e. The lowest BCUT2D eigenvalue weighted by Crippen LogP contribution is -2.02. The van der Waals surface area contributed by atoms with E-state index in [4.69, 9.17) is 15.0 Å². The van der Waals surface area contributed by atoms with Gasteiger partial charge >= 0.3 is 0 Å². The fourth-order valence-electron chi connectivity index (χ4n) is 19.4. The van der Waals surface area contributed by atoms with Crippen molar-refractivity contribution in [1.29, 1.82) is 10.5 Å². The van der Waals surface area contributed by atoms with Gasteiger partial charge in [0.15, 0.2) is 17.5 Å². The number of aromatic nitrogens is 8. The van der Waals surface area contributed by atoms with Gasteiger partial charge in [-0.15, -0.1) is 0 Å². The molecule has 0 fully saturated rings. The molecule has 18 aromatic carbocycles. The molecule has 0 saturated carbocycles. The Bertz CT molecular complexity index is 8440. The van der Waals surface area contributed by atoms with E-state index in [0.717, 1.165) is 210 Å². The molecule has 0 aliphatic heterocycles. The Morgan fingerprint density at radius 2 is 0.602 bits per heavy atom. The topological polar surface area (TPSA) is 111 Å². The summed E-state index contributed by atoms with van der Waals surface area (Å²) < 4.78 is 12.3. The van der Waals surface area contributed by atoms with E-state index >= 15 is 0 Å². The number of rotatable bonds is 13. The van der Waals surface area contributed by atoms with Crippen molar-refractivity contribution in [3.05, 3.63) is 424 Å². The number of nitriles is 2. The van der Waals surface area contributed by atoms with Gasteiger partial charge in [-0.05, 0) is 178 Å². The van der Waals surface area contributed by atoms with Crippen LogP contribution >= 0.6 is 0 Å². The number of benzene rings is 18. The van der Waals surface area contributed by atoms with Crippen molar-refractivity contribution in [2.24, 2.45) is 0 Å². The van der Waals surface area contributed by atoms with Gasteiger partial charge in [0.05, 0.1) is 84.1 Å². The lowest BCUT2D eigenvalue weighted by Gasteiger charge is -2.21. The van der Waals surface area contributed by atoms with Crippen LogP contribution in [0, 0.1) is 22.7 Å². The summed E-state index contributed by atoms with van der Waals surface area (Å²) in [6, 6.07) is 152. The van der Waals surface area contributed by atoms with Crippen LogP contribution in [0.15, 0.2) is 413 Å². The van der Waals surface area contributed by atoms with Crippen LogP contribution < -0.4 is 0 Å². The smallest absolute Gasteiger partial charge is 0.164 e. The summed E-state index contributed by atoms with van der Waals surface area (Å²) >= 11 is 0. The van der Waals surface area contributed by atoms with Crippen LogP contribution in [0.25, 0.3) is 227 Å². The molecule has 0 radical (unpaired) electrons. The third-order valence-electron chi connectivity index (χ3n) is 24.8. The quantitative estimate of drug-likeness (QED) is 0.114. The van der Waals surface area contributed by atoms with Gasteiger partial charge in [0.2, 0.25) is 0 Å². The normalized spacial score (nSPS) is 11.7. The molecule has 0 aliphatic carbocycles. The van der Waals surface area contributed by atoms with Gasteiger partial charge in [0.1, 0.15) is 0 Å². The van der Waals surface area contributed by atoms with Crippen LogP contribution in [0.5, 0.6) is 0 Å². The highest BCUT2D eigenvalue weighted by Gasteiger charge is 2.29.